The van der Waals surface area contributed by atoms with E-state index in [1.54, 1.807) is 0 Å². The summed E-state index contributed by atoms with van der Waals surface area (Å²) in [7, 11) is 0. The van der Waals surface area contributed by atoms with Gasteiger partial charge in [-0.1, -0.05) is 28.1 Å². The Morgan fingerprint density at radius 2 is 2.35 bits per heavy atom. The molecule has 5 heteroatoms. The second kappa shape index (κ2) is 7.31. The molecule has 2 rings (SSSR count). The molecule has 1 aromatic rings. The molecule has 1 aliphatic rings. The summed E-state index contributed by atoms with van der Waals surface area (Å²) in [4.78, 5) is 14.4. The summed E-state index contributed by atoms with van der Waals surface area (Å²) < 4.78 is 6.41. The first kappa shape index (κ1) is 15.6. The number of nitrogens with zero attached hydrogens (tertiary/aromatic N) is 1. The highest BCUT2D eigenvalue weighted by molar-refractivity contribution is 9.10. The quantitative estimate of drug-likeness (QED) is 0.833. The van der Waals surface area contributed by atoms with E-state index < -0.39 is 0 Å². The molecule has 1 aliphatic heterocycles. The smallest absolute Gasteiger partial charge is 0.164 e. The predicted octanol–water partition coefficient (Wildman–Crippen LogP) is 2.10. The predicted molar refractivity (Wildman–Crippen MR) is 81.0 cm³/mol. The van der Waals surface area contributed by atoms with E-state index in [0.29, 0.717) is 26.1 Å². The van der Waals surface area contributed by atoms with Crippen LogP contribution in [-0.4, -0.2) is 54.2 Å². The van der Waals surface area contributed by atoms with Crippen molar-refractivity contribution in [2.24, 2.45) is 0 Å². The van der Waals surface area contributed by atoms with Gasteiger partial charge in [0.1, 0.15) is 0 Å². The van der Waals surface area contributed by atoms with Crippen LogP contribution >= 0.6 is 15.9 Å². The standard InChI is InChI=1S/C15H20BrNO3/c1-11-10-20-14(9-18)8-17(11)6-5-15(19)12-3-2-4-13(16)7-12/h2-4,7,11,14,18H,5-6,8-10H2,1H3. The SMILES string of the molecule is CC1COC(CO)CN1CCC(=O)c1cccc(Br)c1. The third-order valence-corrected chi connectivity index (χ3v) is 4.10. The van der Waals surface area contributed by atoms with E-state index in [0.717, 1.165) is 10.0 Å². The lowest BCUT2D eigenvalue weighted by molar-refractivity contribution is -0.0772. The summed E-state index contributed by atoms with van der Waals surface area (Å²) in [6, 6.07) is 7.75. The van der Waals surface area contributed by atoms with E-state index in [1.807, 2.05) is 24.3 Å². The molecule has 2 atom stereocenters. The van der Waals surface area contributed by atoms with Crippen molar-refractivity contribution in [3.05, 3.63) is 34.3 Å². The Morgan fingerprint density at radius 3 is 3.05 bits per heavy atom. The molecule has 0 spiro atoms. The number of halogens is 1. The molecular weight excluding hydrogens is 322 g/mol. The number of benzene rings is 1. The normalized spacial score (nSPS) is 23.8. The van der Waals surface area contributed by atoms with Crippen molar-refractivity contribution in [1.82, 2.24) is 4.90 Å². The van der Waals surface area contributed by atoms with Gasteiger partial charge in [-0.05, 0) is 19.1 Å². The van der Waals surface area contributed by atoms with Crippen LogP contribution in [0.4, 0.5) is 0 Å². The monoisotopic (exact) mass is 341 g/mol. The fourth-order valence-corrected chi connectivity index (χ4v) is 2.75. The van der Waals surface area contributed by atoms with Crippen LogP contribution in [0, 0.1) is 0 Å². The molecule has 1 aromatic carbocycles. The van der Waals surface area contributed by atoms with Crippen LogP contribution in [0.3, 0.4) is 0 Å². The maximum absolute atomic E-state index is 12.2. The summed E-state index contributed by atoms with van der Waals surface area (Å²) in [6.45, 7) is 4.10. The molecule has 0 aromatic heterocycles. The fourth-order valence-electron chi connectivity index (χ4n) is 2.35. The number of hydrogen-bond acceptors (Lipinski definition) is 4. The number of ketones is 1. The zero-order chi connectivity index (χ0) is 14.5. The summed E-state index contributed by atoms with van der Waals surface area (Å²) in [5.41, 5.74) is 0.735. The van der Waals surface area contributed by atoms with Gasteiger partial charge in [0.05, 0.1) is 19.3 Å². The van der Waals surface area contributed by atoms with Gasteiger partial charge in [-0.3, -0.25) is 9.69 Å². The van der Waals surface area contributed by atoms with Gasteiger partial charge in [0.15, 0.2) is 5.78 Å². The molecule has 0 saturated carbocycles. The van der Waals surface area contributed by atoms with Gasteiger partial charge >= 0.3 is 0 Å². The lowest BCUT2D eigenvalue weighted by Crippen LogP contribution is -2.49. The number of aliphatic hydroxyl groups excluding tert-OH is 1. The van der Waals surface area contributed by atoms with Crippen LogP contribution in [0.1, 0.15) is 23.7 Å². The molecule has 4 nitrogen and oxygen atoms in total. The second-order valence-electron chi connectivity index (χ2n) is 5.17. The Labute approximate surface area is 127 Å². The minimum absolute atomic E-state index is 0.0306. The van der Waals surface area contributed by atoms with Gasteiger partial charge in [-0.25, -0.2) is 0 Å². The van der Waals surface area contributed by atoms with Crippen molar-refractivity contribution in [2.75, 3.05) is 26.3 Å². The van der Waals surface area contributed by atoms with E-state index in [2.05, 4.69) is 27.8 Å². The Bertz CT molecular complexity index is 466. The fraction of sp³-hybridized carbons (Fsp3) is 0.533. The van der Waals surface area contributed by atoms with E-state index in [-0.39, 0.29) is 24.5 Å². The molecule has 1 saturated heterocycles. The third-order valence-electron chi connectivity index (χ3n) is 3.61. The summed E-state index contributed by atoms with van der Waals surface area (Å²) in [6.07, 6.45) is 0.353. The maximum Gasteiger partial charge on any atom is 0.164 e. The van der Waals surface area contributed by atoms with Gasteiger partial charge in [0.2, 0.25) is 0 Å². The average Bonchev–Trinajstić information content (AvgIpc) is 2.46. The largest absolute Gasteiger partial charge is 0.394 e. The Hall–Kier alpha value is -0.750. The van der Waals surface area contributed by atoms with E-state index in [9.17, 15) is 4.79 Å². The van der Waals surface area contributed by atoms with Crippen LogP contribution < -0.4 is 0 Å². The summed E-state index contributed by atoms with van der Waals surface area (Å²) in [5.74, 6) is 0.144. The number of aliphatic hydroxyl groups is 1. The van der Waals surface area contributed by atoms with Crippen molar-refractivity contribution in [2.45, 2.75) is 25.5 Å². The van der Waals surface area contributed by atoms with Gasteiger partial charge in [0.25, 0.3) is 0 Å². The van der Waals surface area contributed by atoms with Crippen LogP contribution in [0.25, 0.3) is 0 Å². The van der Waals surface area contributed by atoms with Crippen molar-refractivity contribution >= 4 is 21.7 Å². The average molecular weight is 342 g/mol. The Morgan fingerprint density at radius 1 is 1.55 bits per heavy atom. The second-order valence-corrected chi connectivity index (χ2v) is 6.08. The molecule has 0 aliphatic carbocycles. The number of rotatable bonds is 5. The van der Waals surface area contributed by atoms with E-state index in [4.69, 9.17) is 9.84 Å². The van der Waals surface area contributed by atoms with E-state index >= 15 is 0 Å². The maximum atomic E-state index is 12.2. The number of morpholine rings is 1. The van der Waals surface area contributed by atoms with Crippen molar-refractivity contribution in [3.8, 4) is 0 Å². The molecule has 110 valence electrons. The Kier molecular flexibility index (Phi) is 5.72. The Balaban J connectivity index is 1.89. The lowest BCUT2D eigenvalue weighted by Gasteiger charge is -2.37. The number of carbonyl (C=O) groups is 1. The van der Waals surface area contributed by atoms with Crippen LogP contribution in [0.5, 0.6) is 0 Å². The summed E-state index contributed by atoms with van der Waals surface area (Å²) in [5, 5.41) is 9.16. The minimum Gasteiger partial charge on any atom is -0.394 e. The van der Waals surface area contributed by atoms with Gasteiger partial charge in [-0.15, -0.1) is 0 Å². The van der Waals surface area contributed by atoms with Crippen molar-refractivity contribution in [3.63, 3.8) is 0 Å². The zero-order valence-corrected chi connectivity index (χ0v) is 13.2. The molecule has 0 radical (unpaired) electrons. The molecule has 2 unspecified atom stereocenters. The van der Waals surface area contributed by atoms with Crippen LogP contribution in [-0.2, 0) is 4.74 Å². The highest BCUT2D eigenvalue weighted by Crippen LogP contribution is 2.15. The van der Waals surface area contributed by atoms with Gasteiger partial charge in [0, 0.05) is 35.6 Å². The van der Waals surface area contributed by atoms with E-state index in [1.165, 1.54) is 0 Å². The molecule has 0 bridgehead atoms. The molecular formula is C15H20BrNO3. The van der Waals surface area contributed by atoms with Crippen LogP contribution in [0.2, 0.25) is 0 Å². The van der Waals surface area contributed by atoms with Crippen LogP contribution in [0.15, 0.2) is 28.7 Å². The first-order valence-corrected chi connectivity index (χ1v) is 7.64. The highest BCUT2D eigenvalue weighted by atomic mass is 79.9. The van der Waals surface area contributed by atoms with Gasteiger partial charge in [-0.2, -0.15) is 0 Å². The first-order chi connectivity index (χ1) is 9.60. The lowest BCUT2D eigenvalue weighted by atomic mass is 10.1. The van der Waals surface area contributed by atoms with Crippen molar-refractivity contribution in [1.29, 1.82) is 0 Å². The van der Waals surface area contributed by atoms with Gasteiger partial charge < -0.3 is 9.84 Å². The molecule has 1 heterocycles. The minimum atomic E-state index is -0.132. The third kappa shape index (κ3) is 4.12. The molecule has 1 fully saturated rings. The first-order valence-electron chi connectivity index (χ1n) is 6.85. The number of carbonyl (C=O) groups excluding carboxylic acids is 1. The highest BCUT2D eigenvalue weighted by Gasteiger charge is 2.25. The molecule has 20 heavy (non-hydrogen) atoms. The number of Topliss-reactive ketones (excluding diaryl/α,β-unsaturated/α-hetero) is 1. The molecule has 0 amide bonds. The number of hydrogen-bond donors (Lipinski definition) is 1. The topological polar surface area (TPSA) is 49.8 Å². The molecule has 1 N–H and O–H groups in total. The number of ether oxygens (including phenoxy) is 1. The summed E-state index contributed by atoms with van der Waals surface area (Å²) >= 11 is 3.38. The van der Waals surface area contributed by atoms with Crippen molar-refractivity contribution < 1.29 is 14.6 Å². The zero-order valence-electron chi connectivity index (χ0n) is 11.6.